The Kier molecular flexibility index (Phi) is 6.21. The Balaban J connectivity index is 1.56. The molecule has 0 unspecified atom stereocenters. The third-order valence-corrected chi connectivity index (χ3v) is 8.72. The molecule has 2 aliphatic carbocycles. The topological polar surface area (TPSA) is 51.2 Å². The summed E-state index contributed by atoms with van der Waals surface area (Å²) < 4.78 is 24.2. The predicted octanol–water partition coefficient (Wildman–Crippen LogP) is 4.31. The minimum absolute atomic E-state index is 0.118. The molecule has 3 nitrogen and oxygen atoms in total. The molecule has 3 rings (SSSR count). The molecule has 144 valence electrons. The Morgan fingerprint density at radius 2 is 1.77 bits per heavy atom. The van der Waals surface area contributed by atoms with Gasteiger partial charge in [-0.05, 0) is 87.8 Å². The van der Waals surface area contributed by atoms with Gasteiger partial charge in [0.2, 0.25) is 0 Å². The lowest BCUT2D eigenvalue weighted by atomic mass is 9.78. The predicted molar refractivity (Wildman–Crippen MR) is 106 cm³/mol. The summed E-state index contributed by atoms with van der Waals surface area (Å²) in [6.07, 6.45) is 8.75. The molecule has 26 heavy (non-hydrogen) atoms. The maximum atomic E-state index is 12.8. The molecule has 0 heterocycles. The van der Waals surface area contributed by atoms with Crippen LogP contribution < -0.4 is 0 Å². The highest BCUT2D eigenvalue weighted by molar-refractivity contribution is 7.91. The number of benzene rings is 1. The highest BCUT2D eigenvalue weighted by atomic mass is 32.2. The second-order valence-electron chi connectivity index (χ2n) is 8.50. The molecule has 4 heteroatoms. The summed E-state index contributed by atoms with van der Waals surface area (Å²) in [5, 5.41) is -0.300. The highest BCUT2D eigenvalue weighted by Crippen LogP contribution is 2.32. The van der Waals surface area contributed by atoms with Crippen molar-refractivity contribution in [2.45, 2.75) is 76.9 Å². The number of carbonyl (C=O) groups excluding carboxylic acids is 1. The van der Waals surface area contributed by atoms with Crippen LogP contribution >= 0.6 is 0 Å². The molecular weight excluding hydrogens is 344 g/mol. The van der Waals surface area contributed by atoms with Crippen LogP contribution in [0.2, 0.25) is 0 Å². The molecule has 0 spiro atoms. The molecule has 0 aromatic heterocycles. The number of sulfone groups is 1. The van der Waals surface area contributed by atoms with E-state index in [4.69, 9.17) is 0 Å². The maximum absolute atomic E-state index is 12.8. The fourth-order valence-electron chi connectivity index (χ4n) is 4.53. The van der Waals surface area contributed by atoms with Gasteiger partial charge in [-0.3, -0.25) is 4.79 Å². The maximum Gasteiger partial charge on any atom is 0.152 e. The molecule has 0 atom stereocenters. The third-order valence-electron chi connectivity index (χ3n) is 6.35. The standard InChI is InChI=1S/C22H32O3S/c1-16(2)26(24,25)15-17-10-12-19(13-11-17)22(23)14-20-8-5-7-18-6-3-4-9-21(18)20/h5,7-8,16-17,19H,3-4,6,9-15H2,1-2H3. The van der Waals surface area contributed by atoms with E-state index in [1.165, 1.54) is 29.5 Å². The summed E-state index contributed by atoms with van der Waals surface area (Å²) >= 11 is 0. The molecule has 1 aromatic rings. The lowest BCUT2D eigenvalue weighted by molar-refractivity contribution is -0.123. The Morgan fingerprint density at radius 3 is 2.46 bits per heavy atom. The van der Waals surface area contributed by atoms with Gasteiger partial charge < -0.3 is 0 Å². The van der Waals surface area contributed by atoms with E-state index < -0.39 is 9.84 Å². The van der Waals surface area contributed by atoms with Crippen molar-refractivity contribution in [2.75, 3.05) is 5.75 Å². The van der Waals surface area contributed by atoms with Gasteiger partial charge in [0.25, 0.3) is 0 Å². The monoisotopic (exact) mass is 376 g/mol. The second kappa shape index (κ2) is 8.24. The van der Waals surface area contributed by atoms with E-state index >= 15 is 0 Å². The SMILES string of the molecule is CC(C)S(=O)(=O)CC1CCC(C(=O)Cc2cccc3c2CCCC3)CC1. The summed E-state index contributed by atoms with van der Waals surface area (Å²) in [6.45, 7) is 3.51. The van der Waals surface area contributed by atoms with Crippen LogP contribution in [0.25, 0.3) is 0 Å². The number of Topliss-reactive ketones (excluding diaryl/α,β-unsaturated/α-hetero) is 1. The molecular formula is C22H32O3S. The average Bonchev–Trinajstić information content (AvgIpc) is 2.62. The molecule has 2 aliphatic rings. The van der Waals surface area contributed by atoms with Crippen LogP contribution in [0.1, 0.15) is 69.1 Å². The molecule has 0 amide bonds. The van der Waals surface area contributed by atoms with Gasteiger partial charge in [-0.25, -0.2) is 8.42 Å². The fourth-order valence-corrected chi connectivity index (χ4v) is 5.91. The first kappa shape index (κ1) is 19.6. The van der Waals surface area contributed by atoms with Gasteiger partial charge in [0.15, 0.2) is 9.84 Å². The van der Waals surface area contributed by atoms with Crippen molar-refractivity contribution in [2.24, 2.45) is 11.8 Å². The van der Waals surface area contributed by atoms with E-state index in [-0.39, 0.29) is 22.8 Å². The Bertz CT molecular complexity index is 741. The van der Waals surface area contributed by atoms with E-state index in [0.29, 0.717) is 12.2 Å². The first-order valence-electron chi connectivity index (χ1n) is 10.2. The van der Waals surface area contributed by atoms with E-state index in [1.54, 1.807) is 13.8 Å². The van der Waals surface area contributed by atoms with E-state index in [0.717, 1.165) is 38.5 Å². The van der Waals surface area contributed by atoms with Crippen molar-refractivity contribution >= 4 is 15.6 Å². The number of carbonyl (C=O) groups is 1. The number of ketones is 1. The van der Waals surface area contributed by atoms with E-state index in [9.17, 15) is 13.2 Å². The molecule has 1 aromatic carbocycles. The molecule has 1 saturated carbocycles. The first-order valence-corrected chi connectivity index (χ1v) is 11.9. The third kappa shape index (κ3) is 4.57. The van der Waals surface area contributed by atoms with Crippen LogP contribution in [-0.4, -0.2) is 25.2 Å². The largest absolute Gasteiger partial charge is 0.299 e. The van der Waals surface area contributed by atoms with Crippen molar-refractivity contribution < 1.29 is 13.2 Å². The molecule has 0 N–H and O–H groups in total. The summed E-state index contributed by atoms with van der Waals surface area (Å²) in [5.41, 5.74) is 4.09. The van der Waals surface area contributed by atoms with Gasteiger partial charge >= 0.3 is 0 Å². The van der Waals surface area contributed by atoms with Crippen LogP contribution in [0.5, 0.6) is 0 Å². The number of fused-ring (bicyclic) bond motifs is 1. The average molecular weight is 377 g/mol. The lowest BCUT2D eigenvalue weighted by Crippen LogP contribution is -2.29. The fraction of sp³-hybridized carbons (Fsp3) is 0.682. The Morgan fingerprint density at radius 1 is 1.08 bits per heavy atom. The zero-order valence-electron chi connectivity index (χ0n) is 16.2. The minimum atomic E-state index is -2.98. The summed E-state index contributed by atoms with van der Waals surface area (Å²) in [7, 11) is -2.98. The molecule has 0 aliphatic heterocycles. The lowest BCUT2D eigenvalue weighted by Gasteiger charge is -2.28. The quantitative estimate of drug-likeness (QED) is 0.743. The highest BCUT2D eigenvalue weighted by Gasteiger charge is 2.30. The second-order valence-corrected chi connectivity index (χ2v) is 11.1. The zero-order valence-corrected chi connectivity index (χ0v) is 17.0. The first-order chi connectivity index (χ1) is 12.4. The normalized spacial score (nSPS) is 23.7. The van der Waals surface area contributed by atoms with E-state index in [2.05, 4.69) is 18.2 Å². The Labute approximate surface area is 158 Å². The van der Waals surface area contributed by atoms with Gasteiger partial charge in [0.1, 0.15) is 5.78 Å². The van der Waals surface area contributed by atoms with Gasteiger partial charge in [0, 0.05) is 12.3 Å². The van der Waals surface area contributed by atoms with Gasteiger partial charge in [-0.15, -0.1) is 0 Å². The molecule has 0 radical (unpaired) electrons. The van der Waals surface area contributed by atoms with Gasteiger partial charge in [0.05, 0.1) is 11.0 Å². The van der Waals surface area contributed by atoms with Crippen molar-refractivity contribution in [3.63, 3.8) is 0 Å². The minimum Gasteiger partial charge on any atom is -0.299 e. The van der Waals surface area contributed by atoms with Crippen LogP contribution in [0.3, 0.4) is 0 Å². The molecule has 0 saturated heterocycles. The smallest absolute Gasteiger partial charge is 0.152 e. The zero-order chi connectivity index (χ0) is 18.7. The number of hydrogen-bond acceptors (Lipinski definition) is 3. The summed E-state index contributed by atoms with van der Waals surface area (Å²) in [6, 6.07) is 6.44. The van der Waals surface area contributed by atoms with Crippen LogP contribution in [-0.2, 0) is 33.9 Å². The summed E-state index contributed by atoms with van der Waals surface area (Å²) in [4.78, 5) is 12.8. The van der Waals surface area contributed by atoms with Crippen molar-refractivity contribution in [1.29, 1.82) is 0 Å². The van der Waals surface area contributed by atoms with Gasteiger partial charge in [-0.1, -0.05) is 18.2 Å². The van der Waals surface area contributed by atoms with Crippen molar-refractivity contribution in [3.05, 3.63) is 34.9 Å². The number of aryl methyl sites for hydroxylation is 1. The Hall–Kier alpha value is -1.16. The van der Waals surface area contributed by atoms with E-state index in [1.807, 2.05) is 0 Å². The molecule has 1 fully saturated rings. The van der Waals surface area contributed by atoms with Crippen molar-refractivity contribution in [1.82, 2.24) is 0 Å². The molecule has 0 bridgehead atoms. The van der Waals surface area contributed by atoms with Crippen LogP contribution in [0, 0.1) is 11.8 Å². The van der Waals surface area contributed by atoms with Crippen LogP contribution in [0.15, 0.2) is 18.2 Å². The van der Waals surface area contributed by atoms with Crippen LogP contribution in [0.4, 0.5) is 0 Å². The summed E-state index contributed by atoms with van der Waals surface area (Å²) in [5.74, 6) is 0.995. The van der Waals surface area contributed by atoms with Gasteiger partial charge in [-0.2, -0.15) is 0 Å². The van der Waals surface area contributed by atoms with Crippen molar-refractivity contribution in [3.8, 4) is 0 Å². The number of rotatable bonds is 6. The number of hydrogen-bond donors (Lipinski definition) is 0.